The largest absolute Gasteiger partial charge is 0.497 e. The van der Waals surface area contributed by atoms with Crippen molar-refractivity contribution < 1.29 is 18.7 Å². The molecular weight excluding hydrogens is 299 g/mol. The van der Waals surface area contributed by atoms with E-state index >= 15 is 0 Å². The van der Waals surface area contributed by atoms with Crippen LogP contribution in [0.2, 0.25) is 0 Å². The van der Waals surface area contributed by atoms with Crippen LogP contribution in [0, 0.1) is 5.82 Å². The number of anilines is 1. The molecule has 2 aromatic rings. The van der Waals surface area contributed by atoms with Gasteiger partial charge in [-0.1, -0.05) is 18.2 Å². The predicted octanol–water partition coefficient (Wildman–Crippen LogP) is 2.13. The third-order valence-electron chi connectivity index (χ3n) is 3.08. The standard InChI is InChI=1S/C17H17FN2O3/c1-23-15-4-2-3-14(10-15)20-17(22)11-19-16(21)9-12-5-7-13(18)8-6-12/h2-8,10H,9,11H2,1H3,(H,19,21)(H,20,22). The Bertz CT molecular complexity index is 686. The molecule has 0 aromatic heterocycles. The molecule has 0 bridgehead atoms. The van der Waals surface area contributed by atoms with Crippen molar-refractivity contribution in [2.75, 3.05) is 19.0 Å². The van der Waals surface area contributed by atoms with Crippen LogP contribution in [0.5, 0.6) is 5.75 Å². The highest BCUT2D eigenvalue weighted by molar-refractivity contribution is 5.94. The molecule has 0 atom stereocenters. The minimum atomic E-state index is -0.355. The first-order valence-corrected chi connectivity index (χ1v) is 7.02. The van der Waals surface area contributed by atoms with Crippen molar-refractivity contribution in [2.45, 2.75) is 6.42 Å². The number of carbonyl (C=O) groups excluding carboxylic acids is 2. The molecule has 23 heavy (non-hydrogen) atoms. The fraction of sp³-hybridized carbons (Fsp3) is 0.176. The second-order valence-electron chi connectivity index (χ2n) is 4.86. The molecule has 2 N–H and O–H groups in total. The second-order valence-corrected chi connectivity index (χ2v) is 4.86. The third-order valence-corrected chi connectivity index (χ3v) is 3.08. The van der Waals surface area contributed by atoms with Crippen LogP contribution in [0.4, 0.5) is 10.1 Å². The predicted molar refractivity (Wildman–Crippen MR) is 84.7 cm³/mol. The van der Waals surface area contributed by atoms with Crippen LogP contribution in [0.1, 0.15) is 5.56 Å². The fourth-order valence-electron chi connectivity index (χ4n) is 1.94. The van der Waals surface area contributed by atoms with Crippen molar-refractivity contribution in [3.8, 4) is 5.75 Å². The lowest BCUT2D eigenvalue weighted by molar-refractivity contribution is -0.123. The minimum Gasteiger partial charge on any atom is -0.497 e. The molecular formula is C17H17FN2O3. The van der Waals surface area contributed by atoms with E-state index in [2.05, 4.69) is 10.6 Å². The van der Waals surface area contributed by atoms with E-state index in [-0.39, 0.29) is 30.6 Å². The Balaban J connectivity index is 1.79. The Morgan fingerprint density at radius 3 is 2.52 bits per heavy atom. The molecule has 0 aliphatic heterocycles. The Hall–Kier alpha value is -2.89. The molecule has 0 fully saturated rings. The number of carbonyl (C=O) groups is 2. The summed E-state index contributed by atoms with van der Waals surface area (Å²) in [4.78, 5) is 23.5. The monoisotopic (exact) mass is 316 g/mol. The maximum absolute atomic E-state index is 12.8. The van der Waals surface area contributed by atoms with Crippen molar-refractivity contribution in [3.05, 3.63) is 59.9 Å². The van der Waals surface area contributed by atoms with Gasteiger partial charge in [-0.2, -0.15) is 0 Å². The number of rotatable bonds is 6. The molecule has 0 radical (unpaired) electrons. The Kier molecular flexibility index (Phi) is 5.68. The summed E-state index contributed by atoms with van der Waals surface area (Å²) in [6, 6.07) is 12.6. The van der Waals surface area contributed by atoms with Gasteiger partial charge < -0.3 is 15.4 Å². The van der Waals surface area contributed by atoms with Crippen molar-refractivity contribution in [1.29, 1.82) is 0 Å². The van der Waals surface area contributed by atoms with Crippen LogP contribution in [0.25, 0.3) is 0 Å². The summed E-state index contributed by atoms with van der Waals surface area (Å²) < 4.78 is 17.8. The fourth-order valence-corrected chi connectivity index (χ4v) is 1.94. The molecule has 0 unspecified atom stereocenters. The lowest BCUT2D eigenvalue weighted by Crippen LogP contribution is -2.33. The van der Waals surface area contributed by atoms with Crippen LogP contribution in [-0.2, 0) is 16.0 Å². The molecule has 2 aromatic carbocycles. The molecule has 0 aliphatic rings. The molecule has 2 amide bonds. The van der Waals surface area contributed by atoms with Crippen LogP contribution in [0.15, 0.2) is 48.5 Å². The third kappa shape index (κ3) is 5.43. The number of methoxy groups -OCH3 is 1. The van der Waals surface area contributed by atoms with Crippen LogP contribution >= 0.6 is 0 Å². The normalized spacial score (nSPS) is 10.0. The van der Waals surface area contributed by atoms with Gasteiger partial charge in [0.15, 0.2) is 0 Å². The number of benzene rings is 2. The number of hydrogen-bond acceptors (Lipinski definition) is 3. The first-order chi connectivity index (χ1) is 11.1. The summed E-state index contributed by atoms with van der Waals surface area (Å²) in [6.45, 7) is -0.142. The van der Waals surface area contributed by atoms with Gasteiger partial charge in [-0.15, -0.1) is 0 Å². The van der Waals surface area contributed by atoms with E-state index in [1.54, 1.807) is 24.3 Å². The molecule has 120 valence electrons. The topological polar surface area (TPSA) is 67.4 Å². The summed E-state index contributed by atoms with van der Waals surface area (Å²) in [5, 5.41) is 5.18. The van der Waals surface area contributed by atoms with Gasteiger partial charge >= 0.3 is 0 Å². The molecule has 0 saturated heterocycles. The molecule has 5 nitrogen and oxygen atoms in total. The molecule has 6 heteroatoms. The summed E-state index contributed by atoms with van der Waals surface area (Å²) in [5.41, 5.74) is 1.26. The highest BCUT2D eigenvalue weighted by Crippen LogP contribution is 2.16. The number of ether oxygens (including phenoxy) is 1. The lowest BCUT2D eigenvalue weighted by atomic mass is 10.1. The Labute approximate surface area is 133 Å². The van der Waals surface area contributed by atoms with Crippen molar-refractivity contribution in [2.24, 2.45) is 0 Å². The lowest BCUT2D eigenvalue weighted by Gasteiger charge is -2.08. The van der Waals surface area contributed by atoms with E-state index < -0.39 is 0 Å². The smallest absolute Gasteiger partial charge is 0.243 e. The minimum absolute atomic E-state index is 0.0900. The first-order valence-electron chi connectivity index (χ1n) is 7.02. The summed E-state index contributed by atoms with van der Waals surface area (Å²) in [7, 11) is 1.54. The first kappa shape index (κ1) is 16.5. The van der Waals surface area contributed by atoms with Gasteiger partial charge in [0.2, 0.25) is 11.8 Å². The maximum Gasteiger partial charge on any atom is 0.243 e. The Morgan fingerprint density at radius 1 is 1.09 bits per heavy atom. The number of nitrogens with one attached hydrogen (secondary N) is 2. The van der Waals surface area contributed by atoms with E-state index in [0.29, 0.717) is 17.0 Å². The zero-order valence-corrected chi connectivity index (χ0v) is 12.6. The molecule has 0 saturated carbocycles. The van der Waals surface area contributed by atoms with Gasteiger partial charge in [-0.05, 0) is 29.8 Å². The molecule has 2 rings (SSSR count). The van der Waals surface area contributed by atoms with E-state index in [1.165, 1.54) is 31.4 Å². The SMILES string of the molecule is COc1cccc(NC(=O)CNC(=O)Cc2ccc(F)cc2)c1. The average molecular weight is 316 g/mol. The summed E-state index contributed by atoms with van der Waals surface area (Å²) >= 11 is 0. The van der Waals surface area contributed by atoms with Gasteiger partial charge in [0, 0.05) is 11.8 Å². The van der Waals surface area contributed by atoms with Crippen LogP contribution in [-0.4, -0.2) is 25.5 Å². The summed E-state index contributed by atoms with van der Waals surface area (Å²) in [5.74, 6) is -0.377. The van der Waals surface area contributed by atoms with E-state index in [1.807, 2.05) is 0 Å². The molecule has 0 heterocycles. The van der Waals surface area contributed by atoms with Gasteiger partial charge in [0.25, 0.3) is 0 Å². The van der Waals surface area contributed by atoms with E-state index in [9.17, 15) is 14.0 Å². The van der Waals surface area contributed by atoms with Gasteiger partial charge in [0.05, 0.1) is 20.1 Å². The second kappa shape index (κ2) is 7.93. The number of amides is 2. The van der Waals surface area contributed by atoms with Crippen LogP contribution in [0.3, 0.4) is 0 Å². The van der Waals surface area contributed by atoms with Crippen molar-refractivity contribution >= 4 is 17.5 Å². The Morgan fingerprint density at radius 2 is 1.83 bits per heavy atom. The molecule has 0 spiro atoms. The molecule has 0 aliphatic carbocycles. The van der Waals surface area contributed by atoms with Crippen LogP contribution < -0.4 is 15.4 Å². The average Bonchev–Trinajstić information content (AvgIpc) is 2.55. The van der Waals surface area contributed by atoms with Gasteiger partial charge in [0.1, 0.15) is 11.6 Å². The zero-order valence-electron chi connectivity index (χ0n) is 12.6. The zero-order chi connectivity index (χ0) is 16.7. The van der Waals surface area contributed by atoms with Gasteiger partial charge in [-0.25, -0.2) is 4.39 Å². The number of hydrogen-bond donors (Lipinski definition) is 2. The quantitative estimate of drug-likeness (QED) is 0.858. The van der Waals surface area contributed by atoms with Gasteiger partial charge in [-0.3, -0.25) is 9.59 Å². The summed E-state index contributed by atoms with van der Waals surface area (Å²) in [6.07, 6.45) is 0.0900. The number of halogens is 1. The van der Waals surface area contributed by atoms with Crippen molar-refractivity contribution in [3.63, 3.8) is 0 Å². The van der Waals surface area contributed by atoms with E-state index in [0.717, 1.165) is 0 Å². The highest BCUT2D eigenvalue weighted by atomic mass is 19.1. The highest BCUT2D eigenvalue weighted by Gasteiger charge is 2.07. The van der Waals surface area contributed by atoms with Crippen molar-refractivity contribution in [1.82, 2.24) is 5.32 Å². The van der Waals surface area contributed by atoms with E-state index in [4.69, 9.17) is 4.74 Å². The maximum atomic E-state index is 12.8.